The minimum atomic E-state index is -0.868. The fourth-order valence-electron chi connectivity index (χ4n) is 1.92. The van der Waals surface area contributed by atoms with Crippen LogP contribution in [0.4, 0.5) is 4.79 Å². The number of amides is 5. The molecule has 9 nitrogen and oxygen atoms in total. The van der Waals surface area contributed by atoms with E-state index in [2.05, 4.69) is 0 Å². The summed E-state index contributed by atoms with van der Waals surface area (Å²) in [7, 11) is 0. The Morgan fingerprint density at radius 3 is 2.38 bits per heavy atom. The van der Waals surface area contributed by atoms with Gasteiger partial charge in [-0.15, -0.1) is 0 Å². The van der Waals surface area contributed by atoms with Gasteiger partial charge < -0.3 is 15.2 Å². The molecule has 5 amide bonds. The second-order valence-electron chi connectivity index (χ2n) is 4.69. The molecule has 0 atom stereocenters. The highest BCUT2D eigenvalue weighted by Gasteiger charge is 2.27. The molecule has 0 bridgehead atoms. The highest BCUT2D eigenvalue weighted by atomic mass is 16.5. The first-order valence-corrected chi connectivity index (χ1v) is 6.97. The van der Waals surface area contributed by atoms with Gasteiger partial charge in [0.05, 0.1) is 6.61 Å². The summed E-state index contributed by atoms with van der Waals surface area (Å²) >= 11 is 0. The van der Waals surface area contributed by atoms with Crippen LogP contribution in [0.2, 0.25) is 0 Å². The standard InChI is InChI=1S/C15H15N3O6/c1-2-23-11-6-8(3-4-10(11)24-7-12(16)19)5-9-13(20)17-15(22)18-14(9)21/h3-6H,2,7H2,1H3,(H2,16,19)(H2,17,18,20,21,22). The minimum Gasteiger partial charge on any atom is -0.490 e. The van der Waals surface area contributed by atoms with E-state index in [1.54, 1.807) is 13.0 Å². The number of nitrogens with one attached hydrogen (secondary N) is 2. The van der Waals surface area contributed by atoms with Crippen LogP contribution in [0.5, 0.6) is 11.5 Å². The number of nitrogens with two attached hydrogens (primary N) is 1. The van der Waals surface area contributed by atoms with Crippen LogP contribution in [0.3, 0.4) is 0 Å². The lowest BCUT2D eigenvalue weighted by atomic mass is 10.1. The van der Waals surface area contributed by atoms with E-state index in [1.807, 2.05) is 10.6 Å². The summed E-state index contributed by atoms with van der Waals surface area (Å²) in [6.45, 7) is 1.78. The van der Waals surface area contributed by atoms with Crippen molar-refractivity contribution in [1.29, 1.82) is 0 Å². The molecule has 0 radical (unpaired) electrons. The van der Waals surface area contributed by atoms with E-state index in [4.69, 9.17) is 15.2 Å². The highest BCUT2D eigenvalue weighted by molar-refractivity contribution is 6.31. The predicted octanol–water partition coefficient (Wildman–Crippen LogP) is -0.301. The summed E-state index contributed by atoms with van der Waals surface area (Å²) < 4.78 is 10.6. The number of carbonyl (C=O) groups excluding carboxylic acids is 4. The van der Waals surface area contributed by atoms with Crippen LogP contribution in [0, 0.1) is 0 Å². The lowest BCUT2D eigenvalue weighted by Crippen LogP contribution is -2.51. The maximum Gasteiger partial charge on any atom is 0.328 e. The number of carbonyl (C=O) groups is 4. The number of urea groups is 1. The van der Waals surface area contributed by atoms with Crippen LogP contribution in [-0.2, 0) is 14.4 Å². The molecule has 0 spiro atoms. The smallest absolute Gasteiger partial charge is 0.328 e. The number of imide groups is 2. The molecular weight excluding hydrogens is 318 g/mol. The molecule has 1 aliphatic heterocycles. The van der Waals surface area contributed by atoms with Gasteiger partial charge in [-0.1, -0.05) is 6.07 Å². The average molecular weight is 333 g/mol. The lowest BCUT2D eigenvalue weighted by Gasteiger charge is -2.15. The van der Waals surface area contributed by atoms with Gasteiger partial charge in [0, 0.05) is 0 Å². The molecule has 4 N–H and O–H groups in total. The zero-order valence-electron chi connectivity index (χ0n) is 12.8. The fraction of sp³-hybridized carbons (Fsp3) is 0.200. The summed E-state index contributed by atoms with van der Waals surface area (Å²) in [5.74, 6) is -1.61. The van der Waals surface area contributed by atoms with E-state index in [9.17, 15) is 19.2 Å². The number of barbiturate groups is 1. The number of ether oxygens (including phenoxy) is 2. The first kappa shape index (κ1) is 17.0. The molecule has 0 saturated carbocycles. The minimum absolute atomic E-state index is 0.220. The first-order chi connectivity index (χ1) is 11.4. The molecule has 126 valence electrons. The quantitative estimate of drug-likeness (QED) is 0.483. The number of benzene rings is 1. The molecule has 1 aromatic carbocycles. The third kappa shape index (κ3) is 4.09. The molecule has 0 aliphatic carbocycles. The van der Waals surface area contributed by atoms with Crippen LogP contribution in [0.1, 0.15) is 12.5 Å². The van der Waals surface area contributed by atoms with Crippen LogP contribution >= 0.6 is 0 Å². The Balaban J connectivity index is 2.30. The van der Waals surface area contributed by atoms with Gasteiger partial charge in [0.2, 0.25) is 0 Å². The van der Waals surface area contributed by atoms with Crippen LogP contribution in [0.15, 0.2) is 23.8 Å². The van der Waals surface area contributed by atoms with Gasteiger partial charge in [-0.3, -0.25) is 25.0 Å². The summed E-state index contributed by atoms with van der Waals surface area (Å²) in [5.41, 5.74) is 5.28. The average Bonchev–Trinajstić information content (AvgIpc) is 2.50. The van der Waals surface area contributed by atoms with Gasteiger partial charge in [-0.05, 0) is 30.7 Å². The third-order valence-corrected chi connectivity index (χ3v) is 2.89. The van der Waals surface area contributed by atoms with Gasteiger partial charge >= 0.3 is 6.03 Å². The van der Waals surface area contributed by atoms with E-state index in [1.165, 1.54) is 18.2 Å². The fourth-order valence-corrected chi connectivity index (χ4v) is 1.92. The Bertz CT molecular complexity index is 719. The number of hydrogen-bond acceptors (Lipinski definition) is 6. The maximum atomic E-state index is 11.7. The maximum absolute atomic E-state index is 11.7. The monoisotopic (exact) mass is 333 g/mol. The molecule has 1 fully saturated rings. The number of primary amides is 1. The number of rotatable bonds is 6. The van der Waals surface area contributed by atoms with E-state index in [0.717, 1.165) is 0 Å². The second kappa shape index (κ2) is 7.27. The highest BCUT2D eigenvalue weighted by Crippen LogP contribution is 2.29. The van der Waals surface area contributed by atoms with Crippen LogP contribution in [0.25, 0.3) is 6.08 Å². The van der Waals surface area contributed by atoms with Crippen molar-refractivity contribution < 1.29 is 28.7 Å². The van der Waals surface area contributed by atoms with Gasteiger partial charge in [0.25, 0.3) is 17.7 Å². The van der Waals surface area contributed by atoms with Gasteiger partial charge in [-0.2, -0.15) is 0 Å². The third-order valence-electron chi connectivity index (χ3n) is 2.89. The Kier molecular flexibility index (Phi) is 5.15. The van der Waals surface area contributed by atoms with Crippen molar-refractivity contribution >= 4 is 29.8 Å². The predicted molar refractivity (Wildman–Crippen MR) is 82.0 cm³/mol. The first-order valence-electron chi connectivity index (χ1n) is 6.97. The topological polar surface area (TPSA) is 137 Å². The molecule has 0 unspecified atom stereocenters. The van der Waals surface area contributed by atoms with Crippen molar-refractivity contribution in [2.45, 2.75) is 6.92 Å². The molecule has 1 aliphatic rings. The molecular formula is C15H15N3O6. The molecule has 0 aromatic heterocycles. The largest absolute Gasteiger partial charge is 0.490 e. The molecule has 2 rings (SSSR count). The summed E-state index contributed by atoms with van der Waals surface area (Å²) in [6, 6.07) is 3.74. The summed E-state index contributed by atoms with van der Waals surface area (Å²) in [5, 5.41) is 3.96. The van der Waals surface area contributed by atoms with E-state index in [-0.39, 0.29) is 12.2 Å². The SMILES string of the molecule is CCOc1cc(C=C2C(=O)NC(=O)NC2=O)ccc1OCC(N)=O. The van der Waals surface area contributed by atoms with E-state index < -0.39 is 23.8 Å². The van der Waals surface area contributed by atoms with Crippen molar-refractivity contribution in [3.05, 3.63) is 29.3 Å². The molecule has 9 heteroatoms. The molecule has 1 heterocycles. The Morgan fingerprint density at radius 1 is 1.12 bits per heavy atom. The van der Waals surface area contributed by atoms with Crippen LogP contribution < -0.4 is 25.8 Å². The summed E-state index contributed by atoms with van der Waals surface area (Å²) in [6.07, 6.45) is 1.30. The van der Waals surface area contributed by atoms with E-state index in [0.29, 0.717) is 23.7 Å². The second-order valence-corrected chi connectivity index (χ2v) is 4.69. The molecule has 1 aromatic rings. The molecule has 24 heavy (non-hydrogen) atoms. The molecule has 1 saturated heterocycles. The zero-order chi connectivity index (χ0) is 17.7. The zero-order valence-corrected chi connectivity index (χ0v) is 12.8. The van der Waals surface area contributed by atoms with Crippen molar-refractivity contribution in [3.8, 4) is 11.5 Å². The normalized spacial score (nSPS) is 13.9. The number of hydrogen-bond donors (Lipinski definition) is 3. The Labute approximate surface area is 136 Å². The Morgan fingerprint density at radius 2 is 1.79 bits per heavy atom. The van der Waals surface area contributed by atoms with Crippen molar-refractivity contribution in [3.63, 3.8) is 0 Å². The van der Waals surface area contributed by atoms with Crippen molar-refractivity contribution in [2.24, 2.45) is 5.73 Å². The Hall–Kier alpha value is -3.36. The van der Waals surface area contributed by atoms with Crippen LogP contribution in [-0.4, -0.2) is 37.0 Å². The van der Waals surface area contributed by atoms with Gasteiger partial charge in [0.1, 0.15) is 5.57 Å². The van der Waals surface area contributed by atoms with Crippen molar-refractivity contribution in [1.82, 2.24) is 10.6 Å². The van der Waals surface area contributed by atoms with Gasteiger partial charge in [-0.25, -0.2) is 4.79 Å². The lowest BCUT2D eigenvalue weighted by molar-refractivity contribution is -0.124. The van der Waals surface area contributed by atoms with E-state index >= 15 is 0 Å². The summed E-state index contributed by atoms with van der Waals surface area (Å²) in [4.78, 5) is 45.2. The van der Waals surface area contributed by atoms with Crippen molar-refractivity contribution in [2.75, 3.05) is 13.2 Å². The van der Waals surface area contributed by atoms with Gasteiger partial charge in [0.15, 0.2) is 18.1 Å².